The Kier molecular flexibility index (Phi) is 12.1. The molecule has 3 heterocycles. The topological polar surface area (TPSA) is 66.4 Å². The highest BCUT2D eigenvalue weighted by molar-refractivity contribution is 14.0. The van der Waals surface area contributed by atoms with Crippen molar-refractivity contribution in [2.45, 2.75) is 50.7 Å². The molecule has 1 atom stereocenters. The van der Waals surface area contributed by atoms with Crippen LogP contribution in [0.2, 0.25) is 0 Å². The van der Waals surface area contributed by atoms with E-state index in [0.717, 1.165) is 57.9 Å². The first-order valence-electron chi connectivity index (χ1n) is 11.1. The summed E-state index contributed by atoms with van der Waals surface area (Å²) in [6.45, 7) is 4.33. The van der Waals surface area contributed by atoms with Gasteiger partial charge in [-0.2, -0.15) is 0 Å². The molecule has 0 spiro atoms. The molecule has 1 amide bonds. The Morgan fingerprint density at radius 1 is 1.32 bits per heavy atom. The zero-order chi connectivity index (χ0) is 21.2. The fourth-order valence-corrected chi connectivity index (χ4v) is 4.43. The fraction of sp³-hybridized carbons (Fsp3) is 0.727. The summed E-state index contributed by atoms with van der Waals surface area (Å²) in [4.78, 5) is 21.8. The van der Waals surface area contributed by atoms with Crippen LogP contribution >= 0.6 is 35.3 Å². The Morgan fingerprint density at radius 3 is 2.77 bits per heavy atom. The molecule has 1 unspecified atom stereocenters. The van der Waals surface area contributed by atoms with Crippen LogP contribution in [0.25, 0.3) is 0 Å². The number of rotatable bonds is 8. The summed E-state index contributed by atoms with van der Waals surface area (Å²) in [5.74, 6) is 0.842. The quantitative estimate of drug-likeness (QED) is 0.299. The third-order valence-electron chi connectivity index (χ3n) is 5.63. The van der Waals surface area contributed by atoms with Crippen LogP contribution in [-0.4, -0.2) is 87.4 Å². The van der Waals surface area contributed by atoms with Gasteiger partial charge in [-0.25, -0.2) is 4.99 Å². The third kappa shape index (κ3) is 9.23. The SMILES string of the molecule is CN(C)C(=O)CN=C(NCCc1cccs1)N1CCC(OCC2CCCCO2)CC1.I. The lowest BCUT2D eigenvalue weighted by molar-refractivity contribution is -0.127. The van der Waals surface area contributed by atoms with Gasteiger partial charge >= 0.3 is 0 Å². The monoisotopic (exact) mass is 564 g/mol. The summed E-state index contributed by atoms with van der Waals surface area (Å²) in [7, 11) is 3.53. The highest BCUT2D eigenvalue weighted by Crippen LogP contribution is 2.18. The molecule has 7 nitrogen and oxygen atoms in total. The number of nitrogens with one attached hydrogen (secondary N) is 1. The third-order valence-corrected chi connectivity index (χ3v) is 6.57. The zero-order valence-corrected chi connectivity index (χ0v) is 21.9. The smallest absolute Gasteiger partial charge is 0.243 e. The van der Waals surface area contributed by atoms with Crippen molar-refractivity contribution >= 4 is 47.2 Å². The molecular weight excluding hydrogens is 527 g/mol. The number of aliphatic imine (C=N–C) groups is 1. The van der Waals surface area contributed by atoms with Crippen LogP contribution in [-0.2, 0) is 20.7 Å². The fourth-order valence-electron chi connectivity index (χ4n) is 3.72. The summed E-state index contributed by atoms with van der Waals surface area (Å²) in [5.41, 5.74) is 0. The number of piperidine rings is 1. The van der Waals surface area contributed by atoms with E-state index in [0.29, 0.717) is 6.61 Å². The van der Waals surface area contributed by atoms with Gasteiger partial charge in [-0.3, -0.25) is 4.79 Å². The van der Waals surface area contributed by atoms with Gasteiger partial charge < -0.3 is 24.6 Å². The van der Waals surface area contributed by atoms with Crippen LogP contribution in [0.3, 0.4) is 0 Å². The van der Waals surface area contributed by atoms with Crippen molar-refractivity contribution in [3.63, 3.8) is 0 Å². The number of thiophene rings is 1. The summed E-state index contributed by atoms with van der Waals surface area (Å²) >= 11 is 1.77. The Hall–Kier alpha value is -0.910. The van der Waals surface area contributed by atoms with Crippen molar-refractivity contribution in [3.8, 4) is 0 Å². The molecule has 1 N–H and O–H groups in total. The number of hydrogen-bond acceptors (Lipinski definition) is 5. The minimum atomic E-state index is 0. The Morgan fingerprint density at radius 2 is 2.13 bits per heavy atom. The molecule has 2 fully saturated rings. The van der Waals surface area contributed by atoms with Gasteiger partial charge in [-0.05, 0) is 50.0 Å². The second-order valence-electron chi connectivity index (χ2n) is 8.19. The maximum Gasteiger partial charge on any atom is 0.243 e. The molecule has 176 valence electrons. The number of amides is 1. The largest absolute Gasteiger partial charge is 0.376 e. The molecule has 2 aliphatic heterocycles. The summed E-state index contributed by atoms with van der Waals surface area (Å²) < 4.78 is 11.9. The van der Waals surface area contributed by atoms with Gasteiger partial charge in [0.15, 0.2) is 5.96 Å². The second kappa shape index (κ2) is 14.3. The van der Waals surface area contributed by atoms with Gasteiger partial charge in [0.1, 0.15) is 6.54 Å². The maximum atomic E-state index is 12.0. The molecule has 9 heteroatoms. The predicted molar refractivity (Wildman–Crippen MR) is 137 cm³/mol. The van der Waals surface area contributed by atoms with Crippen LogP contribution < -0.4 is 5.32 Å². The van der Waals surface area contributed by atoms with E-state index in [2.05, 4.69) is 32.7 Å². The van der Waals surface area contributed by atoms with Gasteiger partial charge in [0.05, 0.1) is 18.8 Å². The lowest BCUT2D eigenvalue weighted by atomic mass is 10.1. The average Bonchev–Trinajstić information content (AvgIpc) is 3.29. The molecule has 1 aromatic rings. The van der Waals surface area contributed by atoms with Crippen molar-refractivity contribution in [2.75, 3.05) is 53.5 Å². The lowest BCUT2D eigenvalue weighted by Crippen LogP contribution is -2.48. The van der Waals surface area contributed by atoms with Crippen LogP contribution in [0.4, 0.5) is 0 Å². The number of ether oxygens (including phenoxy) is 2. The van der Waals surface area contributed by atoms with E-state index in [1.54, 1.807) is 30.3 Å². The second-order valence-corrected chi connectivity index (χ2v) is 9.22. The molecule has 3 rings (SSSR count). The molecule has 2 aliphatic rings. The van der Waals surface area contributed by atoms with Crippen LogP contribution in [0.15, 0.2) is 22.5 Å². The summed E-state index contributed by atoms with van der Waals surface area (Å²) in [5, 5.41) is 5.57. The van der Waals surface area contributed by atoms with Gasteiger partial charge in [0.2, 0.25) is 5.91 Å². The van der Waals surface area contributed by atoms with Crippen molar-refractivity contribution in [2.24, 2.45) is 4.99 Å². The number of carbonyl (C=O) groups excluding carboxylic acids is 1. The number of guanidine groups is 1. The highest BCUT2D eigenvalue weighted by Gasteiger charge is 2.24. The molecule has 1 aromatic heterocycles. The molecule has 0 aliphatic carbocycles. The maximum absolute atomic E-state index is 12.0. The molecule has 0 saturated carbocycles. The number of nitrogens with zero attached hydrogens (tertiary/aromatic N) is 3. The summed E-state index contributed by atoms with van der Waals surface area (Å²) in [6, 6.07) is 4.23. The molecule has 0 aromatic carbocycles. The first-order valence-corrected chi connectivity index (χ1v) is 12.0. The average molecular weight is 565 g/mol. The molecular formula is C22H37IN4O3S. The van der Waals surface area contributed by atoms with E-state index in [1.165, 1.54) is 17.7 Å². The van der Waals surface area contributed by atoms with Gasteiger partial charge in [-0.1, -0.05) is 6.07 Å². The van der Waals surface area contributed by atoms with Gasteiger partial charge in [0.25, 0.3) is 0 Å². The van der Waals surface area contributed by atoms with Crippen molar-refractivity contribution in [3.05, 3.63) is 22.4 Å². The minimum Gasteiger partial charge on any atom is -0.376 e. The number of likely N-dealkylation sites (N-methyl/N-ethyl adjacent to an activating group) is 1. The van der Waals surface area contributed by atoms with E-state index < -0.39 is 0 Å². The van der Waals surface area contributed by atoms with Crippen LogP contribution in [0, 0.1) is 0 Å². The number of likely N-dealkylation sites (tertiary alicyclic amines) is 1. The van der Waals surface area contributed by atoms with E-state index in [-0.39, 0.29) is 48.6 Å². The first-order chi connectivity index (χ1) is 14.6. The van der Waals surface area contributed by atoms with E-state index in [9.17, 15) is 4.79 Å². The highest BCUT2D eigenvalue weighted by atomic mass is 127. The Balaban J connectivity index is 0.00000341. The number of halogens is 1. The minimum absolute atomic E-state index is 0. The van der Waals surface area contributed by atoms with Crippen molar-refractivity contribution in [1.29, 1.82) is 0 Å². The Labute approximate surface area is 207 Å². The molecule has 31 heavy (non-hydrogen) atoms. The van der Waals surface area contributed by atoms with Crippen LogP contribution in [0.5, 0.6) is 0 Å². The summed E-state index contributed by atoms with van der Waals surface area (Å²) in [6.07, 6.45) is 6.98. The molecule has 0 radical (unpaired) electrons. The molecule has 2 saturated heterocycles. The van der Waals surface area contributed by atoms with Crippen molar-refractivity contribution in [1.82, 2.24) is 15.1 Å². The standard InChI is InChI=1S/C22H36N4O3S.HI/c1-25(2)21(27)16-24-22(23-11-8-20-7-5-15-30-20)26-12-9-18(10-13-26)29-17-19-6-3-4-14-28-19;/h5,7,15,18-19H,3-4,6,8-14,16-17H2,1-2H3,(H,23,24);1H. The molecule has 0 bridgehead atoms. The van der Waals surface area contributed by atoms with Gasteiger partial charge in [-0.15, -0.1) is 35.3 Å². The number of hydrogen-bond donors (Lipinski definition) is 1. The first kappa shape index (κ1) is 26.3. The zero-order valence-electron chi connectivity index (χ0n) is 18.8. The van der Waals surface area contributed by atoms with E-state index >= 15 is 0 Å². The lowest BCUT2D eigenvalue weighted by Gasteiger charge is -2.35. The van der Waals surface area contributed by atoms with Crippen molar-refractivity contribution < 1.29 is 14.3 Å². The van der Waals surface area contributed by atoms with Gasteiger partial charge in [0, 0.05) is 45.2 Å². The van der Waals surface area contributed by atoms with Crippen LogP contribution in [0.1, 0.15) is 37.0 Å². The predicted octanol–water partition coefficient (Wildman–Crippen LogP) is 2.99. The normalized spacial score (nSPS) is 20.3. The number of carbonyl (C=O) groups is 1. The van der Waals surface area contributed by atoms with E-state index in [1.807, 2.05) is 0 Å². The Bertz CT molecular complexity index is 658. The van der Waals surface area contributed by atoms with E-state index in [4.69, 9.17) is 9.47 Å².